The lowest BCUT2D eigenvalue weighted by Gasteiger charge is -2.53. The predicted molar refractivity (Wildman–Crippen MR) is 127 cm³/mol. The number of aliphatic hydroxyl groups excluding tert-OH is 2. The van der Waals surface area contributed by atoms with E-state index in [4.69, 9.17) is 0 Å². The second kappa shape index (κ2) is 11.2. The molecule has 5 nitrogen and oxygen atoms in total. The number of thioether (sulfide) groups is 1. The molecule has 0 bridgehead atoms. The number of hydrogen-bond donors (Lipinski definition) is 4. The van der Waals surface area contributed by atoms with Crippen LogP contribution in [0.5, 0.6) is 0 Å². The highest BCUT2D eigenvalue weighted by Crippen LogP contribution is 2.46. The van der Waals surface area contributed by atoms with Crippen LogP contribution in [0, 0.1) is 23.7 Å². The molecule has 2 aliphatic heterocycles. The first-order chi connectivity index (χ1) is 15.6. The molecule has 0 aromatic carbocycles. The van der Waals surface area contributed by atoms with Crippen LogP contribution in [0.4, 0.5) is 13.2 Å². The highest BCUT2D eigenvalue weighted by atomic mass is 79.9. The number of nitrogens with zero attached hydrogens (tertiary/aromatic N) is 1. The Labute approximate surface area is 207 Å². The molecule has 0 amide bonds. The average Bonchev–Trinajstić information content (AvgIpc) is 2.76. The number of halogens is 4. The molecule has 4 N–H and O–H groups in total. The lowest BCUT2D eigenvalue weighted by atomic mass is 9.77. The fraction of sp³-hybridized carbons (Fsp3) is 1.00. The van der Waals surface area contributed by atoms with Crippen LogP contribution in [0.3, 0.4) is 0 Å². The molecular formula is C23H38BrF3N2O3S. The van der Waals surface area contributed by atoms with Gasteiger partial charge in [-0.05, 0) is 69.6 Å². The lowest BCUT2D eigenvalue weighted by molar-refractivity contribution is -0.201. The number of hydrogen-bond acceptors (Lipinski definition) is 6. The first kappa shape index (κ1) is 26.5. The summed E-state index contributed by atoms with van der Waals surface area (Å²) in [6, 6.07) is 0.0335. The van der Waals surface area contributed by atoms with Crippen molar-refractivity contribution in [3.8, 4) is 0 Å². The van der Waals surface area contributed by atoms with E-state index in [1.165, 1.54) is 0 Å². The highest BCUT2D eigenvalue weighted by molar-refractivity contribution is 9.09. The van der Waals surface area contributed by atoms with E-state index in [-0.39, 0.29) is 34.0 Å². The summed E-state index contributed by atoms with van der Waals surface area (Å²) < 4.78 is 41.3. The zero-order valence-electron chi connectivity index (χ0n) is 19.0. The van der Waals surface area contributed by atoms with Crippen LogP contribution in [-0.4, -0.2) is 67.1 Å². The van der Waals surface area contributed by atoms with Crippen LogP contribution < -0.4 is 5.32 Å². The van der Waals surface area contributed by atoms with E-state index in [0.29, 0.717) is 25.3 Å². The van der Waals surface area contributed by atoms with Crippen LogP contribution in [0.15, 0.2) is 0 Å². The molecule has 192 valence electrons. The monoisotopic (exact) mass is 558 g/mol. The molecule has 0 spiro atoms. The van der Waals surface area contributed by atoms with E-state index >= 15 is 0 Å². The number of alkyl halides is 4. The molecule has 0 aromatic heterocycles. The Morgan fingerprint density at radius 1 is 1.00 bits per heavy atom. The summed E-state index contributed by atoms with van der Waals surface area (Å²) in [5.74, 6) is -1.41. The number of fused-ring (bicyclic) bond motifs is 1. The first-order valence-electron chi connectivity index (χ1n) is 12.6. The molecule has 0 radical (unpaired) electrons. The Hall–Kier alpha value is 0.420. The number of piperidine rings is 1. The van der Waals surface area contributed by atoms with Crippen LogP contribution in [0.1, 0.15) is 70.6 Å². The van der Waals surface area contributed by atoms with Gasteiger partial charge in [-0.25, -0.2) is 0 Å². The summed E-state index contributed by atoms with van der Waals surface area (Å²) in [6.45, 7) is 0.307. The van der Waals surface area contributed by atoms with E-state index < -0.39 is 30.5 Å². The molecule has 2 saturated carbocycles. The molecule has 2 heterocycles. The molecule has 2 saturated heterocycles. The van der Waals surface area contributed by atoms with Crippen molar-refractivity contribution >= 4 is 27.7 Å². The Morgan fingerprint density at radius 3 is 2.36 bits per heavy atom. The number of aliphatic hydroxyl groups is 3. The lowest BCUT2D eigenvalue weighted by Crippen LogP contribution is -2.64. The number of nitrogens with one attached hydrogen (secondary N) is 1. The van der Waals surface area contributed by atoms with Crippen LogP contribution in [0.25, 0.3) is 0 Å². The third-order valence-electron chi connectivity index (χ3n) is 8.48. The van der Waals surface area contributed by atoms with Gasteiger partial charge in [0.05, 0.1) is 16.2 Å². The molecule has 10 heteroatoms. The standard InChI is InChI=1S/C23H38BrF3N2O3S/c24-19-10-9-17-20(28-19)33-18(11-13-5-7-14(8-6-13)22(31)32)21(30)29(17)12-15-3-1-2-4-16(15)23(25,26)27/h13-22,28,30-32H,1-12H2. The average molecular weight is 560 g/mol. The topological polar surface area (TPSA) is 76.0 Å². The van der Waals surface area contributed by atoms with Gasteiger partial charge in [-0.2, -0.15) is 13.2 Å². The van der Waals surface area contributed by atoms with Crippen molar-refractivity contribution in [3.63, 3.8) is 0 Å². The van der Waals surface area contributed by atoms with Crippen molar-refractivity contribution in [1.82, 2.24) is 10.2 Å². The fourth-order valence-corrected chi connectivity index (χ4v) is 9.08. The van der Waals surface area contributed by atoms with Gasteiger partial charge in [0, 0.05) is 23.8 Å². The minimum atomic E-state index is -4.18. The van der Waals surface area contributed by atoms with Crippen molar-refractivity contribution in [1.29, 1.82) is 0 Å². The number of rotatable bonds is 5. The maximum absolute atomic E-state index is 13.8. The third kappa shape index (κ3) is 6.41. The molecule has 33 heavy (non-hydrogen) atoms. The maximum Gasteiger partial charge on any atom is 0.392 e. The van der Waals surface area contributed by atoms with E-state index in [9.17, 15) is 28.5 Å². The second-order valence-electron chi connectivity index (χ2n) is 10.6. The van der Waals surface area contributed by atoms with Crippen LogP contribution in [-0.2, 0) is 0 Å². The van der Waals surface area contributed by atoms with E-state index in [1.54, 1.807) is 11.8 Å². The van der Waals surface area contributed by atoms with Crippen LogP contribution >= 0.6 is 27.7 Å². The SMILES string of the molecule is OC(O)C1CCC(CC2SC3NC(Br)CCC3N(CC3CCCCC3C(F)(F)F)C2O)CC1. The van der Waals surface area contributed by atoms with Gasteiger partial charge >= 0.3 is 6.18 Å². The zero-order chi connectivity index (χ0) is 23.8. The minimum Gasteiger partial charge on any atom is -0.377 e. The molecular weight excluding hydrogens is 521 g/mol. The third-order valence-corrected chi connectivity index (χ3v) is 10.7. The maximum atomic E-state index is 13.8. The van der Waals surface area contributed by atoms with Crippen molar-refractivity contribution < 1.29 is 28.5 Å². The van der Waals surface area contributed by atoms with Crippen LogP contribution in [0.2, 0.25) is 0 Å². The van der Waals surface area contributed by atoms with Crippen molar-refractivity contribution in [3.05, 3.63) is 0 Å². The van der Waals surface area contributed by atoms with Gasteiger partial charge in [-0.15, -0.1) is 11.8 Å². The Balaban J connectivity index is 1.46. The predicted octanol–water partition coefficient (Wildman–Crippen LogP) is 4.40. The van der Waals surface area contributed by atoms with Gasteiger partial charge < -0.3 is 15.3 Å². The van der Waals surface area contributed by atoms with Gasteiger partial charge in [0.25, 0.3) is 0 Å². The Morgan fingerprint density at radius 2 is 1.70 bits per heavy atom. The molecule has 2 aliphatic carbocycles. The van der Waals surface area contributed by atoms with Gasteiger partial charge in [-0.1, -0.05) is 28.8 Å². The van der Waals surface area contributed by atoms with Crippen molar-refractivity contribution in [2.75, 3.05) is 6.54 Å². The molecule has 4 rings (SSSR count). The summed E-state index contributed by atoms with van der Waals surface area (Å²) in [7, 11) is 0. The molecule has 0 aromatic rings. The summed E-state index contributed by atoms with van der Waals surface area (Å²) >= 11 is 5.40. The smallest absolute Gasteiger partial charge is 0.377 e. The Bertz CT molecular complexity index is 639. The highest BCUT2D eigenvalue weighted by Gasteiger charge is 2.50. The van der Waals surface area contributed by atoms with E-state index in [0.717, 1.165) is 51.4 Å². The fourth-order valence-electron chi connectivity index (χ4n) is 6.58. The second-order valence-corrected chi connectivity index (χ2v) is 13.1. The Kier molecular flexibility index (Phi) is 9.00. The van der Waals surface area contributed by atoms with Crippen molar-refractivity contribution in [2.24, 2.45) is 23.7 Å². The van der Waals surface area contributed by atoms with Gasteiger partial charge in [0.2, 0.25) is 0 Å². The molecule has 7 atom stereocenters. The minimum absolute atomic E-state index is 0.0335. The van der Waals surface area contributed by atoms with Gasteiger partial charge in [0.15, 0.2) is 6.29 Å². The summed E-state index contributed by atoms with van der Waals surface area (Å²) in [5, 5.41) is 33.9. The molecule has 4 fully saturated rings. The first-order valence-corrected chi connectivity index (χ1v) is 14.4. The van der Waals surface area contributed by atoms with Gasteiger partial charge in [0.1, 0.15) is 6.23 Å². The molecule has 4 aliphatic rings. The van der Waals surface area contributed by atoms with Crippen molar-refractivity contribution in [2.45, 2.75) is 111 Å². The summed E-state index contributed by atoms with van der Waals surface area (Å²) in [5.41, 5.74) is 0. The molecule has 7 unspecified atom stereocenters. The van der Waals surface area contributed by atoms with E-state index in [1.807, 2.05) is 4.90 Å². The summed E-state index contributed by atoms with van der Waals surface area (Å²) in [6.07, 6.45) is 1.91. The largest absolute Gasteiger partial charge is 0.392 e. The van der Waals surface area contributed by atoms with E-state index in [2.05, 4.69) is 21.2 Å². The van der Waals surface area contributed by atoms with Gasteiger partial charge in [-0.3, -0.25) is 10.2 Å². The quantitative estimate of drug-likeness (QED) is 0.228. The zero-order valence-corrected chi connectivity index (χ0v) is 21.4. The summed E-state index contributed by atoms with van der Waals surface area (Å²) in [4.78, 5) is 2.19. The normalized spacial score (nSPS) is 43.5.